The normalized spacial score (nSPS) is 13.8. The highest BCUT2D eigenvalue weighted by atomic mass is 16.5. The minimum Gasteiger partial charge on any atom is -0.497 e. The molecular formula is C21H23N3O3. The molecule has 2 amide bonds. The zero-order chi connectivity index (χ0) is 19.2. The third-order valence-corrected chi connectivity index (χ3v) is 4.39. The van der Waals surface area contributed by atoms with Crippen LogP contribution in [0, 0.1) is 5.92 Å². The molecule has 6 nitrogen and oxygen atoms in total. The first-order chi connectivity index (χ1) is 13.0. The van der Waals surface area contributed by atoms with Gasteiger partial charge in [0.25, 0.3) is 0 Å². The second-order valence-electron chi connectivity index (χ2n) is 6.60. The molecule has 1 saturated carbocycles. The van der Waals surface area contributed by atoms with Crippen LogP contribution in [0.4, 0.5) is 5.69 Å². The summed E-state index contributed by atoms with van der Waals surface area (Å²) >= 11 is 0. The number of hydrogen-bond acceptors (Lipinski definition) is 4. The van der Waals surface area contributed by atoms with Crippen LogP contribution < -0.4 is 15.5 Å². The molecule has 0 spiro atoms. The van der Waals surface area contributed by atoms with Crippen molar-refractivity contribution in [3.05, 3.63) is 59.7 Å². The maximum atomic E-state index is 12.1. The van der Waals surface area contributed by atoms with E-state index in [1.54, 1.807) is 7.11 Å². The largest absolute Gasteiger partial charge is 0.497 e. The van der Waals surface area contributed by atoms with Crippen molar-refractivity contribution in [1.82, 2.24) is 5.43 Å². The number of nitrogens with one attached hydrogen (secondary N) is 2. The van der Waals surface area contributed by atoms with Crippen LogP contribution in [-0.4, -0.2) is 24.6 Å². The molecule has 0 aliphatic heterocycles. The first-order valence-electron chi connectivity index (χ1n) is 8.92. The van der Waals surface area contributed by atoms with Crippen molar-refractivity contribution in [2.45, 2.75) is 26.2 Å². The van der Waals surface area contributed by atoms with E-state index >= 15 is 0 Å². The van der Waals surface area contributed by atoms with Crippen molar-refractivity contribution in [1.29, 1.82) is 0 Å². The van der Waals surface area contributed by atoms with Crippen molar-refractivity contribution < 1.29 is 14.3 Å². The third kappa shape index (κ3) is 5.41. The van der Waals surface area contributed by atoms with Gasteiger partial charge < -0.3 is 10.1 Å². The van der Waals surface area contributed by atoms with Crippen LogP contribution >= 0.6 is 0 Å². The van der Waals surface area contributed by atoms with Gasteiger partial charge in [-0.3, -0.25) is 9.59 Å². The molecule has 0 radical (unpaired) electrons. The number of carbonyl (C=O) groups is 2. The fourth-order valence-corrected chi connectivity index (χ4v) is 2.56. The summed E-state index contributed by atoms with van der Waals surface area (Å²) in [6, 6.07) is 14.8. The third-order valence-electron chi connectivity index (χ3n) is 4.39. The Hall–Kier alpha value is -3.15. The smallest absolute Gasteiger partial charge is 0.244 e. The topological polar surface area (TPSA) is 79.8 Å². The van der Waals surface area contributed by atoms with Crippen LogP contribution in [-0.2, 0) is 16.0 Å². The highest BCUT2D eigenvalue weighted by molar-refractivity contribution is 6.00. The lowest BCUT2D eigenvalue weighted by atomic mass is 10.1. The van der Waals surface area contributed by atoms with Crippen molar-refractivity contribution in [3.8, 4) is 5.75 Å². The number of methoxy groups -OCH3 is 1. The van der Waals surface area contributed by atoms with E-state index in [-0.39, 0.29) is 24.2 Å². The first-order valence-corrected chi connectivity index (χ1v) is 8.92. The van der Waals surface area contributed by atoms with Crippen molar-refractivity contribution in [2.75, 3.05) is 12.4 Å². The highest BCUT2D eigenvalue weighted by Crippen LogP contribution is 2.30. The number of hydrazone groups is 1. The molecule has 0 atom stereocenters. The molecule has 1 aliphatic carbocycles. The van der Waals surface area contributed by atoms with Crippen LogP contribution in [0.5, 0.6) is 5.75 Å². The summed E-state index contributed by atoms with van der Waals surface area (Å²) in [5.74, 6) is 0.824. The van der Waals surface area contributed by atoms with E-state index in [9.17, 15) is 9.59 Å². The predicted molar refractivity (Wildman–Crippen MR) is 105 cm³/mol. The van der Waals surface area contributed by atoms with E-state index in [0.29, 0.717) is 5.71 Å². The molecular weight excluding hydrogens is 342 g/mol. The fourth-order valence-electron chi connectivity index (χ4n) is 2.56. The number of carbonyl (C=O) groups excluding carboxylic acids is 2. The van der Waals surface area contributed by atoms with Crippen LogP contribution in [0.3, 0.4) is 0 Å². The zero-order valence-electron chi connectivity index (χ0n) is 15.5. The Bertz CT molecular complexity index is 838. The van der Waals surface area contributed by atoms with Crippen LogP contribution in [0.1, 0.15) is 30.9 Å². The van der Waals surface area contributed by atoms with Crippen molar-refractivity contribution in [3.63, 3.8) is 0 Å². The molecule has 3 rings (SSSR count). The Morgan fingerprint density at radius 2 is 1.74 bits per heavy atom. The van der Waals surface area contributed by atoms with E-state index in [4.69, 9.17) is 4.74 Å². The standard InChI is InChI=1S/C21H23N3O3/c1-14(16-7-9-18(10-8-16)22-21(26)17-5-6-17)23-24-20(25)13-15-3-11-19(27-2)12-4-15/h3-4,7-12,17H,5-6,13H2,1-2H3,(H,22,26)(H,24,25)/b23-14-. The van der Waals surface area contributed by atoms with E-state index < -0.39 is 0 Å². The Balaban J connectivity index is 1.52. The molecule has 0 unspecified atom stereocenters. The maximum absolute atomic E-state index is 12.1. The second-order valence-corrected chi connectivity index (χ2v) is 6.60. The van der Waals surface area contributed by atoms with Crippen LogP contribution in [0.15, 0.2) is 53.6 Å². The molecule has 0 aromatic heterocycles. The summed E-state index contributed by atoms with van der Waals surface area (Å²) in [5.41, 5.74) is 5.80. The lowest BCUT2D eigenvalue weighted by molar-refractivity contribution is -0.120. The van der Waals surface area contributed by atoms with Crippen molar-refractivity contribution in [2.24, 2.45) is 11.0 Å². The summed E-state index contributed by atoms with van der Waals surface area (Å²) in [6.07, 6.45) is 2.20. The number of benzene rings is 2. The molecule has 2 aromatic carbocycles. The zero-order valence-corrected chi connectivity index (χ0v) is 15.5. The number of ether oxygens (including phenoxy) is 1. The van der Waals surface area contributed by atoms with E-state index in [2.05, 4.69) is 15.8 Å². The Morgan fingerprint density at radius 3 is 2.33 bits per heavy atom. The van der Waals surface area contributed by atoms with Crippen LogP contribution in [0.2, 0.25) is 0 Å². The molecule has 2 aromatic rings. The number of anilines is 1. The van der Waals surface area contributed by atoms with Gasteiger partial charge >= 0.3 is 0 Å². The Labute approximate surface area is 158 Å². The second kappa shape index (κ2) is 8.49. The first kappa shape index (κ1) is 18.6. The van der Waals surface area contributed by atoms with Gasteiger partial charge in [-0.05, 0) is 55.2 Å². The summed E-state index contributed by atoms with van der Waals surface area (Å²) in [4.78, 5) is 23.8. The predicted octanol–water partition coefficient (Wildman–Crippen LogP) is 3.13. The maximum Gasteiger partial charge on any atom is 0.244 e. The molecule has 0 saturated heterocycles. The molecule has 27 heavy (non-hydrogen) atoms. The number of amides is 2. The molecule has 0 heterocycles. The monoisotopic (exact) mass is 365 g/mol. The van der Waals surface area contributed by atoms with Gasteiger partial charge in [0.2, 0.25) is 11.8 Å². The average Bonchev–Trinajstić information content (AvgIpc) is 3.53. The van der Waals surface area contributed by atoms with Gasteiger partial charge in [0.15, 0.2) is 0 Å². The van der Waals surface area contributed by atoms with Gasteiger partial charge in [-0.2, -0.15) is 5.10 Å². The highest BCUT2D eigenvalue weighted by Gasteiger charge is 2.29. The van der Waals surface area contributed by atoms with Gasteiger partial charge in [0.1, 0.15) is 5.75 Å². The lowest BCUT2D eigenvalue weighted by Gasteiger charge is -2.07. The quantitative estimate of drug-likeness (QED) is 0.584. The molecule has 0 bridgehead atoms. The fraction of sp³-hybridized carbons (Fsp3) is 0.286. The summed E-state index contributed by atoms with van der Waals surface area (Å²) in [7, 11) is 1.60. The van der Waals surface area contributed by atoms with E-state index in [0.717, 1.165) is 35.4 Å². The van der Waals surface area contributed by atoms with Gasteiger partial charge in [0.05, 0.1) is 19.2 Å². The van der Waals surface area contributed by atoms with E-state index in [1.807, 2.05) is 55.5 Å². The summed E-state index contributed by atoms with van der Waals surface area (Å²) in [6.45, 7) is 1.82. The van der Waals surface area contributed by atoms with Gasteiger partial charge in [-0.1, -0.05) is 24.3 Å². The Kier molecular flexibility index (Phi) is 5.86. The lowest BCUT2D eigenvalue weighted by Crippen LogP contribution is -2.21. The summed E-state index contributed by atoms with van der Waals surface area (Å²) < 4.78 is 5.10. The molecule has 1 aliphatic rings. The number of rotatable bonds is 7. The van der Waals surface area contributed by atoms with Gasteiger partial charge in [-0.25, -0.2) is 5.43 Å². The van der Waals surface area contributed by atoms with Gasteiger partial charge in [-0.15, -0.1) is 0 Å². The average molecular weight is 365 g/mol. The minimum atomic E-state index is -0.187. The van der Waals surface area contributed by atoms with Gasteiger partial charge in [0, 0.05) is 11.6 Å². The molecule has 6 heteroatoms. The Morgan fingerprint density at radius 1 is 1.07 bits per heavy atom. The summed E-state index contributed by atoms with van der Waals surface area (Å²) in [5, 5.41) is 7.06. The minimum absolute atomic E-state index is 0.0823. The van der Waals surface area contributed by atoms with E-state index in [1.165, 1.54) is 0 Å². The molecule has 140 valence electrons. The van der Waals surface area contributed by atoms with Crippen LogP contribution in [0.25, 0.3) is 0 Å². The SMILES string of the molecule is COc1ccc(CC(=O)N/N=C(/C)c2ccc(NC(=O)C3CC3)cc2)cc1. The molecule has 2 N–H and O–H groups in total. The molecule has 1 fully saturated rings. The number of hydrogen-bond donors (Lipinski definition) is 2. The number of nitrogens with zero attached hydrogens (tertiary/aromatic N) is 1. The van der Waals surface area contributed by atoms with Crippen molar-refractivity contribution >= 4 is 23.2 Å².